The molecule has 0 spiro atoms. The van der Waals surface area contributed by atoms with Crippen molar-refractivity contribution in [3.8, 4) is 0 Å². The lowest BCUT2D eigenvalue weighted by molar-refractivity contribution is 0.0682. The Labute approximate surface area is 125 Å². The molecule has 2 saturated heterocycles. The summed E-state index contributed by atoms with van der Waals surface area (Å²) in [4.78, 5) is 2.00. The van der Waals surface area contributed by atoms with E-state index >= 15 is 0 Å². The van der Waals surface area contributed by atoms with Crippen LogP contribution in [-0.2, 0) is 14.9 Å². The summed E-state index contributed by atoms with van der Waals surface area (Å²) in [7, 11) is -3.41. The van der Waals surface area contributed by atoms with Crippen molar-refractivity contribution in [1.82, 2.24) is 13.5 Å². The molecule has 0 aromatic rings. The molecule has 9 nitrogen and oxygen atoms in total. The van der Waals surface area contributed by atoms with Gasteiger partial charge in [-0.25, -0.2) is 0 Å². The summed E-state index contributed by atoms with van der Waals surface area (Å²) in [6.07, 6.45) is 0. The van der Waals surface area contributed by atoms with Crippen LogP contribution in [0.15, 0.2) is 5.16 Å². The van der Waals surface area contributed by atoms with Crippen LogP contribution in [0, 0.1) is 0 Å². The van der Waals surface area contributed by atoms with Crippen molar-refractivity contribution in [3.05, 3.63) is 0 Å². The van der Waals surface area contributed by atoms with Gasteiger partial charge in [-0.05, 0) is 6.92 Å². The fraction of sp³-hybridized carbons (Fsp3) is 0.909. The van der Waals surface area contributed by atoms with Crippen molar-refractivity contribution in [2.75, 3.05) is 52.5 Å². The highest BCUT2D eigenvalue weighted by atomic mass is 32.2. The second-order valence-electron chi connectivity index (χ2n) is 5.16. The molecule has 3 N–H and O–H groups in total. The first-order valence-electron chi connectivity index (χ1n) is 7.01. The van der Waals surface area contributed by atoms with E-state index in [4.69, 9.17) is 15.7 Å². The van der Waals surface area contributed by atoms with E-state index in [1.165, 1.54) is 8.61 Å². The van der Waals surface area contributed by atoms with E-state index in [2.05, 4.69) is 5.16 Å². The Morgan fingerprint density at radius 3 is 2.19 bits per heavy atom. The summed E-state index contributed by atoms with van der Waals surface area (Å²) in [6.45, 7) is 5.46. The lowest BCUT2D eigenvalue weighted by atomic mass is 10.2. The Hall–Kier alpha value is -0.940. The Balaban J connectivity index is 1.94. The predicted molar refractivity (Wildman–Crippen MR) is 77.3 cm³/mol. The van der Waals surface area contributed by atoms with Crippen LogP contribution >= 0.6 is 0 Å². The topological polar surface area (TPSA) is 112 Å². The van der Waals surface area contributed by atoms with Crippen LogP contribution in [-0.4, -0.2) is 91.5 Å². The highest BCUT2D eigenvalue weighted by Crippen LogP contribution is 2.15. The summed E-state index contributed by atoms with van der Waals surface area (Å²) in [6, 6.07) is -0.205. The van der Waals surface area contributed by atoms with Crippen LogP contribution in [0.3, 0.4) is 0 Å². The SMILES string of the molecule is CC(C(N)=NO)N1CCN(S(=O)(=O)N2CCOCC2)CC1. The van der Waals surface area contributed by atoms with E-state index in [0.717, 1.165) is 0 Å². The molecule has 0 aromatic carbocycles. The molecule has 0 aliphatic carbocycles. The molecule has 0 saturated carbocycles. The largest absolute Gasteiger partial charge is 0.409 e. The molecule has 21 heavy (non-hydrogen) atoms. The molecule has 2 rings (SSSR count). The molecule has 2 aliphatic rings. The van der Waals surface area contributed by atoms with E-state index in [1.54, 1.807) is 0 Å². The zero-order valence-electron chi connectivity index (χ0n) is 12.2. The third kappa shape index (κ3) is 3.64. The number of hydrogen-bond acceptors (Lipinski definition) is 6. The van der Waals surface area contributed by atoms with Gasteiger partial charge < -0.3 is 15.7 Å². The molecule has 0 aromatic heterocycles. The van der Waals surface area contributed by atoms with Crippen LogP contribution in [0.2, 0.25) is 0 Å². The second kappa shape index (κ2) is 6.88. The van der Waals surface area contributed by atoms with Gasteiger partial charge in [-0.1, -0.05) is 5.16 Å². The van der Waals surface area contributed by atoms with Crippen molar-refractivity contribution in [1.29, 1.82) is 0 Å². The van der Waals surface area contributed by atoms with Gasteiger partial charge in [0.15, 0.2) is 5.84 Å². The highest BCUT2D eigenvalue weighted by Gasteiger charge is 2.34. The average Bonchev–Trinajstić information content (AvgIpc) is 2.54. The Kier molecular flexibility index (Phi) is 5.38. The van der Waals surface area contributed by atoms with Gasteiger partial charge in [0.2, 0.25) is 0 Å². The number of ether oxygens (including phenoxy) is 1. The van der Waals surface area contributed by atoms with E-state index in [0.29, 0.717) is 52.5 Å². The zero-order chi connectivity index (χ0) is 15.5. The maximum absolute atomic E-state index is 12.5. The second-order valence-corrected chi connectivity index (χ2v) is 7.08. The van der Waals surface area contributed by atoms with E-state index < -0.39 is 10.2 Å². The van der Waals surface area contributed by atoms with Crippen molar-refractivity contribution in [2.45, 2.75) is 13.0 Å². The first kappa shape index (κ1) is 16.4. The molecule has 1 atom stereocenters. The van der Waals surface area contributed by atoms with Gasteiger partial charge in [0, 0.05) is 39.3 Å². The molecule has 2 heterocycles. The van der Waals surface area contributed by atoms with Crippen molar-refractivity contribution < 1.29 is 18.4 Å². The van der Waals surface area contributed by atoms with Gasteiger partial charge >= 0.3 is 0 Å². The zero-order valence-corrected chi connectivity index (χ0v) is 13.0. The maximum Gasteiger partial charge on any atom is 0.282 e. The summed E-state index contributed by atoms with van der Waals surface area (Å²) in [5, 5.41) is 11.7. The van der Waals surface area contributed by atoms with Crippen molar-refractivity contribution in [2.24, 2.45) is 10.9 Å². The Morgan fingerprint density at radius 1 is 1.14 bits per heavy atom. The number of morpholine rings is 1. The average molecular weight is 321 g/mol. The fourth-order valence-corrected chi connectivity index (χ4v) is 4.09. The quantitative estimate of drug-likeness (QED) is 0.277. The van der Waals surface area contributed by atoms with Crippen LogP contribution < -0.4 is 5.73 Å². The number of hydrogen-bond donors (Lipinski definition) is 2. The maximum atomic E-state index is 12.5. The molecule has 122 valence electrons. The van der Waals surface area contributed by atoms with Gasteiger partial charge in [0.05, 0.1) is 19.3 Å². The van der Waals surface area contributed by atoms with Crippen LogP contribution in [0.1, 0.15) is 6.92 Å². The molecule has 2 fully saturated rings. The van der Waals surface area contributed by atoms with E-state index in [-0.39, 0.29) is 11.9 Å². The molecule has 0 amide bonds. The number of piperazine rings is 1. The Morgan fingerprint density at radius 2 is 1.67 bits per heavy atom. The van der Waals surface area contributed by atoms with E-state index in [9.17, 15) is 8.42 Å². The fourth-order valence-electron chi connectivity index (χ4n) is 2.53. The number of nitrogens with zero attached hydrogens (tertiary/aromatic N) is 4. The van der Waals surface area contributed by atoms with E-state index in [1.807, 2.05) is 11.8 Å². The summed E-state index contributed by atoms with van der Waals surface area (Å²) in [5.74, 6) is 0.138. The third-order valence-corrected chi connectivity index (χ3v) is 6.02. The lowest BCUT2D eigenvalue weighted by Gasteiger charge is -2.39. The molecule has 10 heteroatoms. The highest BCUT2D eigenvalue weighted by molar-refractivity contribution is 7.86. The smallest absolute Gasteiger partial charge is 0.282 e. The number of nitrogens with two attached hydrogens (primary N) is 1. The minimum Gasteiger partial charge on any atom is -0.409 e. The molecule has 0 bridgehead atoms. The summed E-state index contributed by atoms with van der Waals surface area (Å²) >= 11 is 0. The van der Waals surface area contributed by atoms with Crippen LogP contribution in [0.25, 0.3) is 0 Å². The summed E-state index contributed by atoms with van der Waals surface area (Å²) < 4.78 is 33.1. The number of amidine groups is 1. The Bertz CT molecular complexity index is 469. The third-order valence-electron chi connectivity index (χ3n) is 3.99. The molecule has 1 unspecified atom stereocenters. The van der Waals surface area contributed by atoms with Gasteiger partial charge in [0.1, 0.15) is 0 Å². The van der Waals surface area contributed by atoms with Crippen LogP contribution in [0.4, 0.5) is 0 Å². The molecular formula is C11H23N5O4S. The monoisotopic (exact) mass is 321 g/mol. The van der Waals surface area contributed by atoms with Crippen LogP contribution in [0.5, 0.6) is 0 Å². The van der Waals surface area contributed by atoms with Crippen molar-refractivity contribution in [3.63, 3.8) is 0 Å². The standard InChI is InChI=1S/C11H23N5O4S/c1-10(11(12)13-17)14-2-4-15(5-3-14)21(18,19)16-6-8-20-9-7-16/h10,17H,2-9H2,1H3,(H2,12,13). The molecule has 0 radical (unpaired) electrons. The van der Waals surface area contributed by atoms with Crippen molar-refractivity contribution >= 4 is 16.0 Å². The minimum atomic E-state index is -3.41. The number of rotatable bonds is 4. The normalized spacial score (nSPS) is 25.9. The van der Waals surface area contributed by atoms with Gasteiger partial charge in [-0.2, -0.15) is 17.0 Å². The summed E-state index contributed by atoms with van der Waals surface area (Å²) in [5.41, 5.74) is 5.59. The number of oxime groups is 1. The predicted octanol–water partition coefficient (Wildman–Crippen LogP) is -1.68. The first-order valence-corrected chi connectivity index (χ1v) is 8.41. The molecular weight excluding hydrogens is 298 g/mol. The van der Waals surface area contributed by atoms with Gasteiger partial charge in [-0.3, -0.25) is 4.90 Å². The lowest BCUT2D eigenvalue weighted by Crippen LogP contribution is -2.57. The molecule has 2 aliphatic heterocycles. The van der Waals surface area contributed by atoms with Gasteiger partial charge in [0.25, 0.3) is 10.2 Å². The first-order chi connectivity index (χ1) is 9.96. The minimum absolute atomic E-state index is 0.138. The van der Waals surface area contributed by atoms with Gasteiger partial charge in [-0.15, -0.1) is 0 Å².